The summed E-state index contributed by atoms with van der Waals surface area (Å²) in [5.74, 6) is 0.483. The van der Waals surface area contributed by atoms with Crippen LogP contribution in [0.25, 0.3) is 10.9 Å². The van der Waals surface area contributed by atoms with Crippen molar-refractivity contribution in [2.24, 2.45) is 0 Å². The van der Waals surface area contributed by atoms with E-state index in [1.165, 1.54) is 19.2 Å². The molecule has 0 bridgehead atoms. The SMILES string of the molecule is COc1cc(NCc2cc3cc(O)cc(Cl)c3[nH]c2=O)ccc1C#N. The molecule has 0 fully saturated rings. The second kappa shape index (κ2) is 6.75. The molecule has 0 radical (unpaired) electrons. The molecule has 0 atom stereocenters. The van der Waals surface area contributed by atoms with E-state index in [1.807, 2.05) is 6.07 Å². The average molecular weight is 356 g/mol. The number of ether oxygens (including phenoxy) is 1. The molecule has 3 rings (SSSR count). The Labute approximate surface area is 148 Å². The lowest BCUT2D eigenvalue weighted by molar-refractivity contribution is 0.413. The van der Waals surface area contributed by atoms with Crippen LogP contribution in [0.5, 0.6) is 11.5 Å². The van der Waals surface area contributed by atoms with Crippen LogP contribution in [0.1, 0.15) is 11.1 Å². The number of phenols is 1. The van der Waals surface area contributed by atoms with Gasteiger partial charge in [-0.1, -0.05) is 11.6 Å². The summed E-state index contributed by atoms with van der Waals surface area (Å²) in [7, 11) is 1.49. The molecule has 1 heterocycles. The first-order chi connectivity index (χ1) is 12.0. The summed E-state index contributed by atoms with van der Waals surface area (Å²) < 4.78 is 5.16. The van der Waals surface area contributed by atoms with Crippen molar-refractivity contribution in [3.63, 3.8) is 0 Å². The van der Waals surface area contributed by atoms with Gasteiger partial charge in [0, 0.05) is 35.3 Å². The number of benzene rings is 2. The standard InChI is InChI=1S/C18H14ClN3O3/c1-25-16-6-13(3-2-10(16)8-20)21-9-12-4-11-5-14(23)7-15(19)17(11)22-18(12)24/h2-7,21,23H,9H2,1H3,(H,22,24). The van der Waals surface area contributed by atoms with Gasteiger partial charge < -0.3 is 20.1 Å². The highest BCUT2D eigenvalue weighted by Crippen LogP contribution is 2.27. The Balaban J connectivity index is 1.90. The lowest BCUT2D eigenvalue weighted by Gasteiger charge is -2.10. The van der Waals surface area contributed by atoms with Gasteiger partial charge in [-0.25, -0.2) is 0 Å². The number of methoxy groups -OCH3 is 1. The van der Waals surface area contributed by atoms with E-state index in [0.29, 0.717) is 33.5 Å². The quantitative estimate of drug-likeness (QED) is 0.666. The van der Waals surface area contributed by atoms with E-state index >= 15 is 0 Å². The van der Waals surface area contributed by atoms with Gasteiger partial charge in [-0.15, -0.1) is 0 Å². The van der Waals surface area contributed by atoms with Crippen LogP contribution in [0.2, 0.25) is 5.02 Å². The molecular weight excluding hydrogens is 342 g/mol. The van der Waals surface area contributed by atoms with Crippen LogP contribution >= 0.6 is 11.6 Å². The molecule has 0 saturated carbocycles. The highest BCUT2D eigenvalue weighted by molar-refractivity contribution is 6.35. The number of rotatable bonds is 4. The molecule has 3 aromatic rings. The molecule has 25 heavy (non-hydrogen) atoms. The summed E-state index contributed by atoms with van der Waals surface area (Å²) >= 11 is 6.04. The topological polar surface area (TPSA) is 98.1 Å². The molecule has 0 amide bonds. The summed E-state index contributed by atoms with van der Waals surface area (Å²) in [6.45, 7) is 0.258. The highest BCUT2D eigenvalue weighted by Gasteiger charge is 2.08. The monoisotopic (exact) mass is 355 g/mol. The third kappa shape index (κ3) is 3.37. The number of halogens is 1. The first-order valence-electron chi connectivity index (χ1n) is 7.38. The second-order valence-corrected chi connectivity index (χ2v) is 5.80. The molecule has 0 saturated heterocycles. The zero-order chi connectivity index (χ0) is 18.0. The summed E-state index contributed by atoms with van der Waals surface area (Å²) in [6.07, 6.45) is 0. The van der Waals surface area contributed by atoms with Gasteiger partial charge >= 0.3 is 0 Å². The largest absolute Gasteiger partial charge is 0.508 e. The van der Waals surface area contributed by atoms with Crippen LogP contribution < -0.4 is 15.6 Å². The number of phenolic OH excluding ortho intramolecular Hbond substituents is 1. The van der Waals surface area contributed by atoms with Gasteiger partial charge in [0.15, 0.2) is 0 Å². The molecule has 0 aliphatic carbocycles. The maximum Gasteiger partial charge on any atom is 0.253 e. The average Bonchev–Trinajstić information content (AvgIpc) is 2.60. The van der Waals surface area contributed by atoms with Crippen molar-refractivity contribution < 1.29 is 9.84 Å². The number of pyridine rings is 1. The number of aromatic amines is 1. The second-order valence-electron chi connectivity index (χ2n) is 5.40. The number of aromatic nitrogens is 1. The Bertz CT molecular complexity index is 1050. The lowest BCUT2D eigenvalue weighted by atomic mass is 10.1. The summed E-state index contributed by atoms with van der Waals surface area (Å²) in [5, 5.41) is 22.7. The third-order valence-corrected chi connectivity index (χ3v) is 4.07. The van der Waals surface area contributed by atoms with Crippen LogP contribution in [-0.2, 0) is 6.54 Å². The van der Waals surface area contributed by atoms with Crippen LogP contribution in [-0.4, -0.2) is 17.2 Å². The van der Waals surface area contributed by atoms with E-state index in [0.717, 1.165) is 0 Å². The Morgan fingerprint density at radius 2 is 2.12 bits per heavy atom. The number of nitrogens with one attached hydrogen (secondary N) is 2. The van der Waals surface area contributed by atoms with Crippen LogP contribution in [0.4, 0.5) is 5.69 Å². The Hall–Kier alpha value is -3.17. The molecule has 0 aliphatic heterocycles. The fraction of sp³-hybridized carbons (Fsp3) is 0.111. The van der Waals surface area contributed by atoms with Crippen LogP contribution in [0.3, 0.4) is 0 Å². The van der Waals surface area contributed by atoms with E-state index in [4.69, 9.17) is 21.6 Å². The van der Waals surface area contributed by atoms with E-state index in [2.05, 4.69) is 10.3 Å². The predicted molar refractivity (Wildman–Crippen MR) is 96.3 cm³/mol. The van der Waals surface area contributed by atoms with Gasteiger partial charge in [-0.05, 0) is 24.3 Å². The van der Waals surface area contributed by atoms with E-state index in [9.17, 15) is 9.90 Å². The maximum atomic E-state index is 12.2. The minimum Gasteiger partial charge on any atom is -0.508 e. The molecule has 7 heteroatoms. The number of nitrogens with zero attached hydrogens (tertiary/aromatic N) is 1. The fourth-order valence-corrected chi connectivity index (χ4v) is 2.80. The lowest BCUT2D eigenvalue weighted by Crippen LogP contribution is -2.15. The van der Waals surface area contributed by atoms with Gasteiger partial charge in [0.1, 0.15) is 17.6 Å². The Kier molecular flexibility index (Phi) is 4.50. The summed E-state index contributed by atoms with van der Waals surface area (Å²) in [6, 6.07) is 11.7. The molecule has 126 valence electrons. The van der Waals surface area contributed by atoms with Gasteiger partial charge in [0.25, 0.3) is 5.56 Å². The number of aromatic hydroxyl groups is 1. The number of hydrogen-bond acceptors (Lipinski definition) is 5. The zero-order valence-corrected chi connectivity index (χ0v) is 14.0. The number of anilines is 1. The van der Waals surface area contributed by atoms with E-state index < -0.39 is 0 Å². The minimum atomic E-state index is -0.270. The number of H-pyrrole nitrogens is 1. The number of fused-ring (bicyclic) bond motifs is 1. The first-order valence-corrected chi connectivity index (χ1v) is 7.76. The van der Waals surface area contributed by atoms with Crippen LogP contribution in [0.15, 0.2) is 41.2 Å². The first kappa shape index (κ1) is 16.7. The van der Waals surface area contributed by atoms with Gasteiger partial charge in [-0.2, -0.15) is 5.26 Å². The highest BCUT2D eigenvalue weighted by atomic mass is 35.5. The van der Waals surface area contributed by atoms with Crippen molar-refractivity contribution in [1.82, 2.24) is 4.98 Å². The van der Waals surface area contributed by atoms with Crippen molar-refractivity contribution in [3.05, 3.63) is 62.9 Å². The summed E-state index contributed by atoms with van der Waals surface area (Å²) in [4.78, 5) is 15.0. The Morgan fingerprint density at radius 3 is 2.84 bits per heavy atom. The molecule has 1 aromatic heterocycles. The van der Waals surface area contributed by atoms with Crippen molar-refractivity contribution >= 4 is 28.2 Å². The normalized spacial score (nSPS) is 10.4. The molecule has 6 nitrogen and oxygen atoms in total. The van der Waals surface area contributed by atoms with Crippen LogP contribution in [0, 0.1) is 11.3 Å². The number of hydrogen-bond donors (Lipinski definition) is 3. The van der Waals surface area contributed by atoms with Gasteiger partial charge in [0.2, 0.25) is 0 Å². The fourth-order valence-electron chi connectivity index (χ4n) is 2.53. The third-order valence-electron chi connectivity index (χ3n) is 3.77. The molecule has 0 aliphatic rings. The van der Waals surface area contributed by atoms with Gasteiger partial charge in [0.05, 0.1) is 23.2 Å². The van der Waals surface area contributed by atoms with E-state index in [-0.39, 0.29) is 22.9 Å². The molecule has 2 aromatic carbocycles. The van der Waals surface area contributed by atoms with Crippen molar-refractivity contribution in [3.8, 4) is 17.6 Å². The summed E-state index contributed by atoms with van der Waals surface area (Å²) in [5.41, 5.74) is 1.84. The minimum absolute atomic E-state index is 0.0280. The maximum absolute atomic E-state index is 12.2. The number of nitriles is 1. The smallest absolute Gasteiger partial charge is 0.253 e. The zero-order valence-electron chi connectivity index (χ0n) is 13.3. The predicted octanol–water partition coefficient (Wildman–Crippen LogP) is 3.38. The molecule has 0 spiro atoms. The van der Waals surface area contributed by atoms with Crippen molar-refractivity contribution in [2.45, 2.75) is 6.54 Å². The Morgan fingerprint density at radius 1 is 1.32 bits per heavy atom. The van der Waals surface area contributed by atoms with E-state index in [1.54, 1.807) is 24.3 Å². The molecule has 0 unspecified atom stereocenters. The van der Waals surface area contributed by atoms with Gasteiger partial charge in [-0.3, -0.25) is 4.79 Å². The molecule has 3 N–H and O–H groups in total. The van der Waals surface area contributed by atoms with Crippen molar-refractivity contribution in [1.29, 1.82) is 5.26 Å². The van der Waals surface area contributed by atoms with Crippen molar-refractivity contribution in [2.75, 3.05) is 12.4 Å². The molecular formula is C18H14ClN3O3.